The van der Waals surface area contributed by atoms with Crippen molar-refractivity contribution in [2.24, 2.45) is 0 Å². The van der Waals surface area contributed by atoms with E-state index in [1.165, 1.54) is 11.1 Å². The lowest BCUT2D eigenvalue weighted by atomic mass is 9.84. The highest BCUT2D eigenvalue weighted by Crippen LogP contribution is 2.38. The van der Waals surface area contributed by atoms with E-state index in [0.717, 1.165) is 23.4 Å². The van der Waals surface area contributed by atoms with Crippen molar-refractivity contribution in [3.63, 3.8) is 0 Å². The van der Waals surface area contributed by atoms with Crippen LogP contribution in [0.2, 0.25) is 0 Å². The Bertz CT molecular complexity index is 797. The monoisotopic (exact) mass is 353 g/mol. The number of benzene rings is 2. The number of fused-ring (bicyclic) bond motifs is 1. The van der Waals surface area contributed by atoms with Gasteiger partial charge in [0.15, 0.2) is 0 Å². The van der Waals surface area contributed by atoms with Crippen molar-refractivity contribution in [3.8, 4) is 11.5 Å². The third-order valence-corrected chi connectivity index (χ3v) is 5.01. The standard InChI is InChI=1S/C23H31NO2/c1-22(2,3)18-11-7-9-16(20(18)25)13-24-14-17-10-8-12-19(23(4,5)6)21(17)26-15-24/h7-12,25H,13-15H2,1-6H3. The van der Waals surface area contributed by atoms with Crippen LogP contribution in [-0.2, 0) is 23.9 Å². The fourth-order valence-corrected chi connectivity index (χ4v) is 3.58. The van der Waals surface area contributed by atoms with E-state index in [1.807, 2.05) is 18.2 Å². The van der Waals surface area contributed by atoms with E-state index in [-0.39, 0.29) is 10.8 Å². The molecule has 0 atom stereocenters. The molecule has 3 rings (SSSR count). The van der Waals surface area contributed by atoms with Crippen LogP contribution in [0.5, 0.6) is 11.5 Å². The van der Waals surface area contributed by atoms with Crippen LogP contribution in [0, 0.1) is 0 Å². The summed E-state index contributed by atoms with van der Waals surface area (Å²) >= 11 is 0. The van der Waals surface area contributed by atoms with E-state index in [9.17, 15) is 5.11 Å². The van der Waals surface area contributed by atoms with E-state index in [0.29, 0.717) is 19.0 Å². The number of nitrogens with zero attached hydrogens (tertiary/aromatic N) is 1. The van der Waals surface area contributed by atoms with E-state index in [2.05, 4.69) is 64.6 Å². The summed E-state index contributed by atoms with van der Waals surface area (Å²) in [5.41, 5.74) is 4.40. The first-order valence-corrected chi connectivity index (χ1v) is 9.36. The fraction of sp³-hybridized carbons (Fsp3) is 0.478. The predicted octanol–water partition coefficient (Wildman–Crippen LogP) is 5.34. The molecule has 0 fully saturated rings. The second kappa shape index (κ2) is 6.62. The zero-order valence-corrected chi connectivity index (χ0v) is 16.9. The first-order valence-electron chi connectivity index (χ1n) is 9.36. The number of rotatable bonds is 2. The van der Waals surface area contributed by atoms with Crippen molar-refractivity contribution < 1.29 is 9.84 Å². The first-order chi connectivity index (χ1) is 12.1. The fourth-order valence-electron chi connectivity index (χ4n) is 3.58. The SMILES string of the molecule is CC(C)(C)c1cccc(CN2COc3c(cccc3C(C)(C)C)C2)c1O. The van der Waals surface area contributed by atoms with Gasteiger partial charge in [-0.3, -0.25) is 4.90 Å². The molecule has 26 heavy (non-hydrogen) atoms. The summed E-state index contributed by atoms with van der Waals surface area (Å²) in [6.07, 6.45) is 0. The zero-order chi connectivity index (χ0) is 19.1. The molecule has 0 radical (unpaired) electrons. The Balaban J connectivity index is 1.83. The Morgan fingerprint density at radius 3 is 2.19 bits per heavy atom. The average Bonchev–Trinajstić information content (AvgIpc) is 2.54. The quantitative estimate of drug-likeness (QED) is 0.791. The van der Waals surface area contributed by atoms with Gasteiger partial charge in [-0.05, 0) is 22.0 Å². The molecule has 0 spiro atoms. The molecule has 2 aromatic carbocycles. The maximum Gasteiger partial charge on any atom is 0.142 e. The number of para-hydroxylation sites is 2. The summed E-state index contributed by atoms with van der Waals surface area (Å²) in [6, 6.07) is 12.5. The van der Waals surface area contributed by atoms with Gasteiger partial charge in [0.2, 0.25) is 0 Å². The van der Waals surface area contributed by atoms with Gasteiger partial charge in [-0.1, -0.05) is 77.9 Å². The van der Waals surface area contributed by atoms with Gasteiger partial charge in [-0.25, -0.2) is 0 Å². The molecule has 140 valence electrons. The van der Waals surface area contributed by atoms with Crippen LogP contribution in [-0.4, -0.2) is 16.7 Å². The van der Waals surface area contributed by atoms with Gasteiger partial charge in [0.05, 0.1) is 0 Å². The topological polar surface area (TPSA) is 32.7 Å². The summed E-state index contributed by atoms with van der Waals surface area (Å²) < 4.78 is 6.15. The number of phenolic OH excluding ortho intramolecular Hbond substituents is 1. The third-order valence-electron chi connectivity index (χ3n) is 5.01. The second-order valence-corrected chi connectivity index (χ2v) is 9.37. The Labute approximate surface area is 157 Å². The van der Waals surface area contributed by atoms with E-state index >= 15 is 0 Å². The highest BCUT2D eigenvalue weighted by Gasteiger charge is 2.26. The molecule has 0 unspecified atom stereocenters. The molecule has 0 aromatic heterocycles. The number of hydrogen-bond donors (Lipinski definition) is 1. The summed E-state index contributed by atoms with van der Waals surface area (Å²) in [6.45, 7) is 15.1. The normalized spacial score (nSPS) is 15.5. The summed E-state index contributed by atoms with van der Waals surface area (Å²) in [4.78, 5) is 2.23. The van der Waals surface area contributed by atoms with Gasteiger partial charge in [0.25, 0.3) is 0 Å². The smallest absolute Gasteiger partial charge is 0.142 e. The van der Waals surface area contributed by atoms with Crippen molar-refractivity contribution in [2.45, 2.75) is 65.5 Å². The summed E-state index contributed by atoms with van der Waals surface area (Å²) in [5.74, 6) is 1.44. The average molecular weight is 354 g/mol. The van der Waals surface area contributed by atoms with Gasteiger partial charge >= 0.3 is 0 Å². The summed E-state index contributed by atoms with van der Waals surface area (Å²) in [7, 11) is 0. The predicted molar refractivity (Wildman–Crippen MR) is 107 cm³/mol. The molecule has 0 aliphatic carbocycles. The van der Waals surface area contributed by atoms with Crippen LogP contribution in [0.1, 0.15) is 63.8 Å². The zero-order valence-electron chi connectivity index (χ0n) is 16.9. The third kappa shape index (κ3) is 3.73. The van der Waals surface area contributed by atoms with E-state index in [4.69, 9.17) is 4.74 Å². The van der Waals surface area contributed by atoms with Crippen LogP contribution in [0.4, 0.5) is 0 Å². The van der Waals surface area contributed by atoms with Crippen LogP contribution in [0.15, 0.2) is 36.4 Å². The highest BCUT2D eigenvalue weighted by molar-refractivity contribution is 5.47. The molecule has 0 saturated carbocycles. The minimum absolute atomic E-state index is 0.0623. The lowest BCUT2D eigenvalue weighted by Gasteiger charge is -2.33. The molecule has 3 nitrogen and oxygen atoms in total. The van der Waals surface area contributed by atoms with Gasteiger partial charge in [-0.2, -0.15) is 0 Å². The number of phenols is 1. The Kier molecular flexibility index (Phi) is 4.78. The molecule has 2 aromatic rings. The molecule has 0 amide bonds. The first kappa shape index (κ1) is 18.8. The van der Waals surface area contributed by atoms with Gasteiger partial charge in [0.1, 0.15) is 18.2 Å². The summed E-state index contributed by atoms with van der Waals surface area (Å²) in [5, 5.41) is 10.7. The molecule has 1 N–H and O–H groups in total. The Morgan fingerprint density at radius 1 is 0.923 bits per heavy atom. The molecule has 0 saturated heterocycles. The minimum Gasteiger partial charge on any atom is -0.507 e. The molecular formula is C23H31NO2. The van der Waals surface area contributed by atoms with E-state index in [1.54, 1.807) is 0 Å². The number of aromatic hydroxyl groups is 1. The minimum atomic E-state index is -0.0767. The van der Waals surface area contributed by atoms with Gasteiger partial charge in [-0.15, -0.1) is 0 Å². The molecular weight excluding hydrogens is 322 g/mol. The van der Waals surface area contributed by atoms with Crippen molar-refractivity contribution in [2.75, 3.05) is 6.73 Å². The molecule has 1 heterocycles. The molecule has 1 aliphatic rings. The largest absolute Gasteiger partial charge is 0.507 e. The van der Waals surface area contributed by atoms with Crippen molar-refractivity contribution in [1.29, 1.82) is 0 Å². The van der Waals surface area contributed by atoms with Crippen molar-refractivity contribution in [3.05, 3.63) is 58.7 Å². The number of ether oxygens (including phenoxy) is 1. The number of hydrogen-bond acceptors (Lipinski definition) is 3. The lowest BCUT2D eigenvalue weighted by molar-refractivity contribution is 0.0858. The van der Waals surface area contributed by atoms with Crippen molar-refractivity contribution in [1.82, 2.24) is 4.90 Å². The lowest BCUT2D eigenvalue weighted by Crippen LogP contribution is -2.33. The van der Waals surface area contributed by atoms with Crippen LogP contribution < -0.4 is 4.74 Å². The molecule has 3 heteroatoms. The van der Waals surface area contributed by atoms with Gasteiger partial charge < -0.3 is 9.84 Å². The maximum atomic E-state index is 10.7. The van der Waals surface area contributed by atoms with Crippen molar-refractivity contribution >= 4 is 0 Å². The highest BCUT2D eigenvalue weighted by atomic mass is 16.5. The van der Waals surface area contributed by atoms with Crippen LogP contribution in [0.25, 0.3) is 0 Å². The Morgan fingerprint density at radius 2 is 1.54 bits per heavy atom. The van der Waals surface area contributed by atoms with Gasteiger partial charge in [0, 0.05) is 24.2 Å². The molecule has 0 bridgehead atoms. The maximum absolute atomic E-state index is 10.7. The molecule has 1 aliphatic heterocycles. The van der Waals surface area contributed by atoms with E-state index < -0.39 is 0 Å². The van der Waals surface area contributed by atoms with Crippen LogP contribution in [0.3, 0.4) is 0 Å². The second-order valence-electron chi connectivity index (χ2n) is 9.37. The Hall–Kier alpha value is -2.00. The van der Waals surface area contributed by atoms with Crippen LogP contribution >= 0.6 is 0 Å².